The summed E-state index contributed by atoms with van der Waals surface area (Å²) in [5.74, 6) is 0.160. The second kappa shape index (κ2) is 7.83. The van der Waals surface area contributed by atoms with Crippen LogP contribution < -0.4 is 5.32 Å². The summed E-state index contributed by atoms with van der Waals surface area (Å²) in [5.41, 5.74) is 6.30. The second-order valence-corrected chi connectivity index (χ2v) is 7.21. The van der Waals surface area contributed by atoms with Crippen LogP contribution in [0.15, 0.2) is 42.5 Å². The van der Waals surface area contributed by atoms with Crippen LogP contribution >= 0.6 is 0 Å². The summed E-state index contributed by atoms with van der Waals surface area (Å²) < 4.78 is 0. The molecular weight excluding hydrogens is 308 g/mol. The predicted molar refractivity (Wildman–Crippen MR) is 102 cm³/mol. The maximum absolute atomic E-state index is 12.8. The molecule has 0 radical (unpaired) electrons. The van der Waals surface area contributed by atoms with Gasteiger partial charge in [0.05, 0.1) is 6.04 Å². The highest BCUT2D eigenvalue weighted by atomic mass is 16.2. The standard InChI is InChI=1S/C22H28N2O/c1-16-12-17(2)20(18(3)13-16)14-23-22(25)21-10-7-11-24(21)15-19-8-5-4-6-9-19/h4-6,8-9,12-13,21H,7,10-11,14-15H2,1-3H3,(H,23,25). The molecule has 1 N–H and O–H groups in total. The van der Waals surface area contributed by atoms with Crippen molar-refractivity contribution in [3.8, 4) is 0 Å². The quantitative estimate of drug-likeness (QED) is 0.898. The van der Waals surface area contributed by atoms with E-state index in [0.717, 1.165) is 25.9 Å². The molecule has 25 heavy (non-hydrogen) atoms. The van der Waals surface area contributed by atoms with E-state index in [9.17, 15) is 4.79 Å². The van der Waals surface area contributed by atoms with Crippen LogP contribution in [0.1, 0.15) is 40.7 Å². The Kier molecular flexibility index (Phi) is 5.54. The smallest absolute Gasteiger partial charge is 0.237 e. The fourth-order valence-electron chi connectivity index (χ4n) is 3.91. The molecule has 3 rings (SSSR count). The molecule has 0 spiro atoms. The minimum absolute atomic E-state index is 0.00809. The molecule has 0 aliphatic carbocycles. The van der Waals surface area contributed by atoms with Crippen molar-refractivity contribution in [2.45, 2.75) is 52.7 Å². The van der Waals surface area contributed by atoms with E-state index < -0.39 is 0 Å². The summed E-state index contributed by atoms with van der Waals surface area (Å²) >= 11 is 0. The lowest BCUT2D eigenvalue weighted by molar-refractivity contribution is -0.125. The number of hydrogen-bond acceptors (Lipinski definition) is 2. The molecule has 2 aromatic carbocycles. The first-order valence-electron chi connectivity index (χ1n) is 9.17. The summed E-state index contributed by atoms with van der Waals surface area (Å²) in [6, 6.07) is 14.8. The first-order chi connectivity index (χ1) is 12.0. The first-order valence-corrected chi connectivity index (χ1v) is 9.17. The van der Waals surface area contributed by atoms with Crippen molar-refractivity contribution in [2.75, 3.05) is 6.54 Å². The number of benzene rings is 2. The second-order valence-electron chi connectivity index (χ2n) is 7.21. The van der Waals surface area contributed by atoms with Crippen LogP contribution in [0.3, 0.4) is 0 Å². The normalized spacial score (nSPS) is 17.6. The summed E-state index contributed by atoms with van der Waals surface area (Å²) in [5, 5.41) is 3.18. The summed E-state index contributed by atoms with van der Waals surface area (Å²) in [6.45, 7) is 8.82. The van der Waals surface area contributed by atoms with Crippen molar-refractivity contribution < 1.29 is 4.79 Å². The molecule has 2 aromatic rings. The van der Waals surface area contributed by atoms with Gasteiger partial charge in [0.2, 0.25) is 5.91 Å². The maximum atomic E-state index is 12.8. The molecule has 1 unspecified atom stereocenters. The number of carbonyl (C=O) groups excluding carboxylic acids is 1. The van der Waals surface area contributed by atoms with Gasteiger partial charge in [0.1, 0.15) is 0 Å². The van der Waals surface area contributed by atoms with Crippen LogP contribution in [0, 0.1) is 20.8 Å². The molecule has 1 heterocycles. The van der Waals surface area contributed by atoms with Gasteiger partial charge in [-0.1, -0.05) is 48.0 Å². The van der Waals surface area contributed by atoms with E-state index in [2.05, 4.69) is 67.4 Å². The van der Waals surface area contributed by atoms with Crippen molar-refractivity contribution in [3.05, 3.63) is 70.3 Å². The summed E-state index contributed by atoms with van der Waals surface area (Å²) in [6.07, 6.45) is 2.04. The van der Waals surface area contributed by atoms with E-state index in [1.54, 1.807) is 0 Å². The van der Waals surface area contributed by atoms with Crippen molar-refractivity contribution in [1.82, 2.24) is 10.2 Å². The Labute approximate surface area is 151 Å². The van der Waals surface area contributed by atoms with E-state index in [1.165, 1.54) is 27.8 Å². The van der Waals surface area contributed by atoms with Crippen molar-refractivity contribution in [2.24, 2.45) is 0 Å². The molecule has 0 saturated carbocycles. The van der Waals surface area contributed by atoms with E-state index in [1.807, 2.05) is 6.07 Å². The van der Waals surface area contributed by atoms with E-state index in [-0.39, 0.29) is 11.9 Å². The fourth-order valence-corrected chi connectivity index (χ4v) is 3.91. The third kappa shape index (κ3) is 4.29. The van der Waals surface area contributed by atoms with E-state index >= 15 is 0 Å². The van der Waals surface area contributed by atoms with Crippen molar-refractivity contribution >= 4 is 5.91 Å². The van der Waals surface area contributed by atoms with Gasteiger partial charge in [-0.05, 0) is 62.4 Å². The van der Waals surface area contributed by atoms with Crippen LogP contribution in [0.2, 0.25) is 0 Å². The Bertz CT molecular complexity index is 716. The molecule has 1 fully saturated rings. The van der Waals surface area contributed by atoms with Crippen LogP contribution in [0.25, 0.3) is 0 Å². The van der Waals surface area contributed by atoms with Crippen LogP contribution in [-0.2, 0) is 17.9 Å². The Morgan fingerprint density at radius 2 is 1.80 bits per heavy atom. The number of hydrogen-bond donors (Lipinski definition) is 1. The lowest BCUT2D eigenvalue weighted by Gasteiger charge is -2.24. The number of carbonyl (C=O) groups is 1. The summed E-state index contributed by atoms with van der Waals surface area (Å²) in [4.78, 5) is 15.1. The van der Waals surface area contributed by atoms with Crippen LogP contribution in [0.5, 0.6) is 0 Å². The molecule has 132 valence electrons. The number of nitrogens with zero attached hydrogens (tertiary/aromatic N) is 1. The summed E-state index contributed by atoms with van der Waals surface area (Å²) in [7, 11) is 0. The SMILES string of the molecule is Cc1cc(C)c(CNC(=O)C2CCCN2Cc2ccccc2)c(C)c1. The molecule has 3 nitrogen and oxygen atoms in total. The largest absolute Gasteiger partial charge is 0.351 e. The zero-order valence-corrected chi connectivity index (χ0v) is 15.5. The molecule has 0 aromatic heterocycles. The molecule has 1 aliphatic heterocycles. The van der Waals surface area contributed by atoms with Crippen molar-refractivity contribution in [3.63, 3.8) is 0 Å². The first kappa shape index (κ1) is 17.7. The third-order valence-electron chi connectivity index (χ3n) is 5.17. The lowest BCUT2D eigenvalue weighted by atomic mass is 10.00. The monoisotopic (exact) mass is 336 g/mol. The van der Waals surface area contributed by atoms with Gasteiger partial charge < -0.3 is 5.32 Å². The Balaban J connectivity index is 1.62. The van der Waals surface area contributed by atoms with E-state index in [0.29, 0.717) is 6.54 Å². The molecule has 0 bridgehead atoms. The van der Waals surface area contributed by atoms with Gasteiger partial charge in [0, 0.05) is 13.1 Å². The minimum atomic E-state index is -0.00809. The number of rotatable bonds is 5. The highest BCUT2D eigenvalue weighted by Crippen LogP contribution is 2.21. The topological polar surface area (TPSA) is 32.3 Å². The Morgan fingerprint density at radius 1 is 1.12 bits per heavy atom. The lowest BCUT2D eigenvalue weighted by Crippen LogP contribution is -2.42. The highest BCUT2D eigenvalue weighted by molar-refractivity contribution is 5.82. The molecule has 1 atom stereocenters. The van der Waals surface area contributed by atoms with Crippen LogP contribution in [-0.4, -0.2) is 23.4 Å². The molecule has 1 aliphatic rings. The minimum Gasteiger partial charge on any atom is -0.351 e. The number of nitrogens with one attached hydrogen (secondary N) is 1. The van der Waals surface area contributed by atoms with Crippen LogP contribution in [0.4, 0.5) is 0 Å². The van der Waals surface area contributed by atoms with Gasteiger partial charge in [-0.2, -0.15) is 0 Å². The Morgan fingerprint density at radius 3 is 2.48 bits per heavy atom. The number of aryl methyl sites for hydroxylation is 3. The molecular formula is C22H28N2O. The average Bonchev–Trinajstić information content (AvgIpc) is 3.03. The van der Waals surface area contributed by atoms with Gasteiger partial charge >= 0.3 is 0 Å². The van der Waals surface area contributed by atoms with E-state index in [4.69, 9.17) is 0 Å². The van der Waals surface area contributed by atoms with Gasteiger partial charge in [-0.25, -0.2) is 0 Å². The predicted octanol–water partition coefficient (Wildman–Crippen LogP) is 3.89. The van der Waals surface area contributed by atoms with Gasteiger partial charge in [-0.15, -0.1) is 0 Å². The average molecular weight is 336 g/mol. The fraction of sp³-hybridized carbons (Fsp3) is 0.409. The van der Waals surface area contributed by atoms with Gasteiger partial charge in [0.15, 0.2) is 0 Å². The molecule has 1 amide bonds. The van der Waals surface area contributed by atoms with Crippen molar-refractivity contribution in [1.29, 1.82) is 0 Å². The number of amides is 1. The molecule has 3 heteroatoms. The maximum Gasteiger partial charge on any atom is 0.237 e. The van der Waals surface area contributed by atoms with Gasteiger partial charge in [0.25, 0.3) is 0 Å². The Hall–Kier alpha value is -2.13. The third-order valence-corrected chi connectivity index (χ3v) is 5.17. The zero-order chi connectivity index (χ0) is 17.8. The zero-order valence-electron chi connectivity index (χ0n) is 15.5. The van der Waals surface area contributed by atoms with Gasteiger partial charge in [-0.3, -0.25) is 9.69 Å². The molecule has 1 saturated heterocycles. The number of likely N-dealkylation sites (tertiary alicyclic amines) is 1. The highest BCUT2D eigenvalue weighted by Gasteiger charge is 2.30.